The molecule has 0 aliphatic heterocycles. The molecular weight excluding hydrogens is 548 g/mol. The van der Waals surface area contributed by atoms with Crippen molar-refractivity contribution in [2.45, 2.75) is 157 Å². The Hall–Kier alpha value is -0.780. The van der Waals surface area contributed by atoms with Crippen molar-refractivity contribution >= 4 is 27.3 Å². The molecule has 1 saturated carbocycles. The summed E-state index contributed by atoms with van der Waals surface area (Å²) >= 11 is 0. The van der Waals surface area contributed by atoms with Crippen LogP contribution in [0.1, 0.15) is 184 Å². The average Bonchev–Trinajstić information content (AvgIpc) is 2.93. The molecule has 1 aliphatic carbocycles. The lowest BCUT2D eigenvalue weighted by Gasteiger charge is -2.37. The molecule has 42 heavy (non-hydrogen) atoms. The predicted octanol–water partition coefficient (Wildman–Crippen LogP) is 11.0. The number of benzene rings is 2. The highest BCUT2D eigenvalue weighted by Crippen LogP contribution is 2.42. The SMILES string of the molecule is CC(C)c1cc(C(C)C)c(PCN(CP(O)c2c(C(C)C)cc(C(C)C)cc2C(C)C)C2CCCCC2)c(C(C)C)c1. The molecule has 4 heteroatoms. The highest BCUT2D eigenvalue weighted by atomic mass is 31.1. The maximum absolute atomic E-state index is 12.2. The van der Waals surface area contributed by atoms with Gasteiger partial charge in [0, 0.05) is 23.9 Å². The molecule has 2 nitrogen and oxygen atoms in total. The van der Waals surface area contributed by atoms with Crippen molar-refractivity contribution < 1.29 is 4.89 Å². The molecule has 2 aromatic rings. The molecule has 1 aliphatic rings. The van der Waals surface area contributed by atoms with E-state index in [0.29, 0.717) is 41.5 Å². The van der Waals surface area contributed by atoms with Crippen molar-refractivity contribution in [2.24, 2.45) is 0 Å². The number of hydrogen-bond acceptors (Lipinski definition) is 2. The van der Waals surface area contributed by atoms with Gasteiger partial charge in [0.15, 0.2) is 0 Å². The summed E-state index contributed by atoms with van der Waals surface area (Å²) in [6.45, 7) is 27.9. The first-order chi connectivity index (χ1) is 19.7. The van der Waals surface area contributed by atoms with Crippen LogP contribution in [-0.4, -0.2) is 28.4 Å². The molecule has 3 rings (SSSR count). The van der Waals surface area contributed by atoms with Gasteiger partial charge in [-0.25, -0.2) is 0 Å². The largest absolute Gasteiger partial charge is 0.368 e. The Morgan fingerprint density at radius 1 is 0.643 bits per heavy atom. The van der Waals surface area contributed by atoms with Crippen LogP contribution >= 0.6 is 16.7 Å². The van der Waals surface area contributed by atoms with Crippen LogP contribution in [0.4, 0.5) is 0 Å². The Bertz CT molecular complexity index is 1090. The molecule has 0 saturated heterocycles. The van der Waals surface area contributed by atoms with Crippen molar-refractivity contribution in [3.05, 3.63) is 57.6 Å². The first-order valence-electron chi connectivity index (χ1n) is 17.0. The van der Waals surface area contributed by atoms with E-state index >= 15 is 0 Å². The van der Waals surface area contributed by atoms with Crippen LogP contribution in [0, 0.1) is 0 Å². The summed E-state index contributed by atoms with van der Waals surface area (Å²) in [5, 5.41) is 2.87. The summed E-state index contributed by atoms with van der Waals surface area (Å²) in [5.41, 5.74) is 8.73. The minimum atomic E-state index is -1.28. The molecule has 1 N–H and O–H groups in total. The van der Waals surface area contributed by atoms with Gasteiger partial charge < -0.3 is 4.89 Å². The van der Waals surface area contributed by atoms with Crippen LogP contribution < -0.4 is 10.6 Å². The second kappa shape index (κ2) is 16.0. The molecule has 1 fully saturated rings. The third kappa shape index (κ3) is 8.90. The fraction of sp³-hybridized carbons (Fsp3) is 0.684. The topological polar surface area (TPSA) is 23.5 Å². The molecule has 0 amide bonds. The standard InChI is InChI=1S/C38H63NOP2/c1-24(2)30-18-33(26(5)6)37(34(19-30)27(7)8)41-22-39(32-16-14-13-15-17-32)23-42(40)38-35(28(9)10)20-31(25(3)4)21-36(38)29(11)12/h18-21,24-29,32,40-41H,13-17,22-23H2,1-12H3. The van der Waals surface area contributed by atoms with Gasteiger partial charge in [0.2, 0.25) is 0 Å². The van der Waals surface area contributed by atoms with Crippen LogP contribution in [-0.2, 0) is 0 Å². The Morgan fingerprint density at radius 3 is 1.43 bits per heavy atom. The molecule has 0 spiro atoms. The van der Waals surface area contributed by atoms with Crippen molar-refractivity contribution in [1.82, 2.24) is 4.90 Å². The van der Waals surface area contributed by atoms with Crippen LogP contribution in [0.15, 0.2) is 24.3 Å². The van der Waals surface area contributed by atoms with E-state index in [1.165, 1.54) is 59.7 Å². The molecular formula is C38H63NOP2. The normalized spacial score (nSPS) is 16.2. The molecule has 0 bridgehead atoms. The van der Waals surface area contributed by atoms with Gasteiger partial charge in [-0.1, -0.05) is 135 Å². The van der Waals surface area contributed by atoms with Gasteiger partial charge in [-0.05, 0) is 87.0 Å². The zero-order valence-corrected chi connectivity index (χ0v) is 31.0. The van der Waals surface area contributed by atoms with E-state index in [4.69, 9.17) is 0 Å². The fourth-order valence-electron chi connectivity index (χ4n) is 6.54. The summed E-state index contributed by atoms with van der Waals surface area (Å²) in [6, 6.07) is 10.4. The smallest absolute Gasteiger partial charge is 0.0713 e. The van der Waals surface area contributed by atoms with Crippen LogP contribution in [0.3, 0.4) is 0 Å². The predicted molar refractivity (Wildman–Crippen MR) is 193 cm³/mol. The van der Waals surface area contributed by atoms with E-state index < -0.39 is 8.15 Å². The molecule has 0 radical (unpaired) electrons. The Labute approximate surface area is 263 Å². The fourth-order valence-corrected chi connectivity index (χ4v) is 10.6. The Balaban J connectivity index is 2.02. The average molecular weight is 612 g/mol. The minimum absolute atomic E-state index is 0.403. The quantitative estimate of drug-likeness (QED) is 0.228. The van der Waals surface area contributed by atoms with Crippen LogP contribution in [0.2, 0.25) is 0 Å². The van der Waals surface area contributed by atoms with Gasteiger partial charge in [0.25, 0.3) is 0 Å². The van der Waals surface area contributed by atoms with Crippen LogP contribution in [0.5, 0.6) is 0 Å². The number of hydrogen-bond donors (Lipinski definition) is 1. The number of rotatable bonds is 13. The Morgan fingerprint density at radius 2 is 1.05 bits per heavy atom. The number of nitrogens with zero attached hydrogens (tertiary/aromatic N) is 1. The zero-order chi connectivity index (χ0) is 31.3. The molecule has 0 heterocycles. The second-order valence-corrected chi connectivity index (χ2v) is 17.5. The highest BCUT2D eigenvalue weighted by Gasteiger charge is 2.29. The maximum atomic E-state index is 12.2. The lowest BCUT2D eigenvalue weighted by molar-refractivity contribution is 0.207. The summed E-state index contributed by atoms with van der Waals surface area (Å²) in [5.74, 6) is 2.87. The molecule has 0 aromatic heterocycles. The van der Waals surface area contributed by atoms with Gasteiger partial charge in [0.05, 0.1) is 8.15 Å². The van der Waals surface area contributed by atoms with E-state index in [-0.39, 0.29) is 0 Å². The third-order valence-electron chi connectivity index (χ3n) is 9.36. The summed E-state index contributed by atoms with van der Waals surface area (Å²) in [6.07, 6.45) is 8.40. The van der Waals surface area contributed by atoms with Crippen molar-refractivity contribution in [1.29, 1.82) is 0 Å². The van der Waals surface area contributed by atoms with Crippen LogP contribution in [0.25, 0.3) is 0 Å². The van der Waals surface area contributed by atoms with Gasteiger partial charge in [-0.3, -0.25) is 4.90 Å². The minimum Gasteiger partial charge on any atom is -0.368 e. The zero-order valence-electron chi connectivity index (χ0n) is 29.1. The van der Waals surface area contributed by atoms with Gasteiger partial charge in [-0.15, -0.1) is 0 Å². The maximum Gasteiger partial charge on any atom is 0.0713 e. The van der Waals surface area contributed by atoms with E-state index in [9.17, 15) is 4.89 Å². The van der Waals surface area contributed by atoms with Gasteiger partial charge >= 0.3 is 0 Å². The van der Waals surface area contributed by atoms with Crippen molar-refractivity contribution in [3.8, 4) is 0 Å². The van der Waals surface area contributed by atoms with Gasteiger partial charge in [0.1, 0.15) is 0 Å². The van der Waals surface area contributed by atoms with E-state index in [1.54, 1.807) is 16.4 Å². The van der Waals surface area contributed by atoms with Crippen molar-refractivity contribution in [2.75, 3.05) is 12.6 Å². The lowest BCUT2D eigenvalue weighted by Crippen LogP contribution is -2.38. The molecule has 236 valence electrons. The highest BCUT2D eigenvalue weighted by molar-refractivity contribution is 7.60. The summed E-state index contributed by atoms with van der Waals surface area (Å²) in [4.78, 5) is 15.0. The van der Waals surface area contributed by atoms with E-state index in [1.807, 2.05) is 0 Å². The second-order valence-electron chi connectivity index (χ2n) is 14.8. The van der Waals surface area contributed by atoms with Crippen molar-refractivity contribution in [3.63, 3.8) is 0 Å². The first-order valence-corrected chi connectivity index (χ1v) is 19.7. The molecule has 2 unspecified atom stereocenters. The van der Waals surface area contributed by atoms with Gasteiger partial charge in [-0.2, -0.15) is 0 Å². The Kier molecular flexibility index (Phi) is 13.6. The summed E-state index contributed by atoms with van der Waals surface area (Å²) in [7, 11) is -0.538. The first kappa shape index (κ1) is 35.7. The van der Waals surface area contributed by atoms with E-state index in [2.05, 4.69) is 112 Å². The third-order valence-corrected chi connectivity index (χ3v) is 12.5. The monoisotopic (exact) mass is 611 g/mol. The molecule has 2 atom stereocenters. The molecule has 2 aromatic carbocycles. The lowest BCUT2D eigenvalue weighted by atomic mass is 9.89. The van der Waals surface area contributed by atoms with E-state index in [0.717, 1.165) is 21.2 Å². The summed E-state index contributed by atoms with van der Waals surface area (Å²) < 4.78 is 0.